The van der Waals surface area contributed by atoms with Crippen LogP contribution in [0, 0.1) is 0 Å². The van der Waals surface area contributed by atoms with E-state index in [4.69, 9.17) is 9.47 Å². The number of aliphatic hydroxyl groups excluding tert-OH is 1. The Morgan fingerprint density at radius 2 is 2.05 bits per heavy atom. The molecular formula is C18H22O3. The van der Waals surface area contributed by atoms with Gasteiger partial charge in [-0.25, -0.2) is 0 Å². The Labute approximate surface area is 125 Å². The molecule has 1 fully saturated rings. The monoisotopic (exact) mass is 286 g/mol. The van der Waals surface area contributed by atoms with E-state index in [9.17, 15) is 5.11 Å². The third-order valence-corrected chi connectivity index (χ3v) is 4.09. The summed E-state index contributed by atoms with van der Waals surface area (Å²) in [5, 5.41) is 12.2. The predicted molar refractivity (Wildman–Crippen MR) is 83.6 cm³/mol. The minimum atomic E-state index is -0.548. The van der Waals surface area contributed by atoms with Gasteiger partial charge in [-0.05, 0) is 32.1 Å². The highest BCUT2D eigenvalue weighted by Crippen LogP contribution is 2.34. The van der Waals surface area contributed by atoms with Crippen molar-refractivity contribution in [3.05, 3.63) is 42.0 Å². The second-order valence-electron chi connectivity index (χ2n) is 5.84. The molecule has 3 rings (SSSR count). The molecule has 0 saturated carbocycles. The summed E-state index contributed by atoms with van der Waals surface area (Å²) < 4.78 is 11.9. The Bertz CT molecular complexity index is 621. The van der Waals surface area contributed by atoms with E-state index in [1.54, 1.807) is 6.92 Å². The van der Waals surface area contributed by atoms with Crippen LogP contribution < -0.4 is 4.74 Å². The molecule has 3 nitrogen and oxygen atoms in total. The summed E-state index contributed by atoms with van der Waals surface area (Å²) in [5.41, 5.74) is 0.833. The Hall–Kier alpha value is -1.58. The molecule has 1 aliphatic heterocycles. The first kappa shape index (κ1) is 14.4. The first-order chi connectivity index (χ1) is 10.1. The van der Waals surface area contributed by atoms with Gasteiger partial charge in [0.15, 0.2) is 0 Å². The van der Waals surface area contributed by atoms with Crippen LogP contribution in [-0.2, 0) is 4.74 Å². The number of hydrogen-bond acceptors (Lipinski definition) is 3. The molecule has 0 spiro atoms. The van der Waals surface area contributed by atoms with Crippen LogP contribution in [0.2, 0.25) is 0 Å². The van der Waals surface area contributed by atoms with Crippen molar-refractivity contribution in [2.75, 3.05) is 6.61 Å². The maximum Gasteiger partial charge on any atom is 0.133 e. The minimum absolute atomic E-state index is 0.154. The van der Waals surface area contributed by atoms with Crippen molar-refractivity contribution in [3.8, 4) is 5.75 Å². The van der Waals surface area contributed by atoms with Crippen molar-refractivity contribution >= 4 is 10.8 Å². The van der Waals surface area contributed by atoms with E-state index in [0.717, 1.165) is 34.9 Å². The third kappa shape index (κ3) is 3.04. The molecule has 1 heterocycles. The number of rotatable bonds is 4. The van der Waals surface area contributed by atoms with Gasteiger partial charge in [0.05, 0.1) is 18.3 Å². The Balaban J connectivity index is 1.89. The quantitative estimate of drug-likeness (QED) is 0.928. The topological polar surface area (TPSA) is 38.7 Å². The van der Waals surface area contributed by atoms with Gasteiger partial charge in [0, 0.05) is 10.9 Å². The van der Waals surface area contributed by atoms with Crippen LogP contribution in [0.3, 0.4) is 0 Å². The number of hydrogen-bond donors (Lipinski definition) is 1. The lowest BCUT2D eigenvalue weighted by Crippen LogP contribution is -2.18. The van der Waals surface area contributed by atoms with Gasteiger partial charge < -0.3 is 14.6 Å². The van der Waals surface area contributed by atoms with E-state index >= 15 is 0 Å². The molecule has 1 saturated heterocycles. The fraction of sp³-hybridized carbons (Fsp3) is 0.444. The zero-order valence-electron chi connectivity index (χ0n) is 12.6. The SMILES string of the molecule is CC1CCC(COc2c(C(C)O)ccc3ccccc23)O1. The summed E-state index contributed by atoms with van der Waals surface area (Å²) in [7, 11) is 0. The smallest absolute Gasteiger partial charge is 0.133 e. The predicted octanol–water partition coefficient (Wildman–Crippen LogP) is 3.84. The van der Waals surface area contributed by atoms with E-state index in [0.29, 0.717) is 12.7 Å². The molecule has 1 aliphatic rings. The summed E-state index contributed by atoms with van der Waals surface area (Å²) >= 11 is 0. The van der Waals surface area contributed by atoms with Gasteiger partial charge in [-0.15, -0.1) is 0 Å². The molecule has 3 unspecified atom stereocenters. The van der Waals surface area contributed by atoms with Gasteiger partial charge in [0.1, 0.15) is 12.4 Å². The number of aliphatic hydroxyl groups is 1. The number of benzene rings is 2. The lowest BCUT2D eigenvalue weighted by atomic mass is 10.0. The lowest BCUT2D eigenvalue weighted by Gasteiger charge is -2.18. The van der Waals surface area contributed by atoms with Gasteiger partial charge in [0.2, 0.25) is 0 Å². The molecule has 21 heavy (non-hydrogen) atoms. The molecular weight excluding hydrogens is 264 g/mol. The van der Waals surface area contributed by atoms with E-state index < -0.39 is 6.10 Å². The third-order valence-electron chi connectivity index (χ3n) is 4.09. The van der Waals surface area contributed by atoms with Crippen LogP contribution >= 0.6 is 0 Å². The average Bonchev–Trinajstić information content (AvgIpc) is 2.90. The van der Waals surface area contributed by atoms with Gasteiger partial charge >= 0.3 is 0 Å². The first-order valence-corrected chi connectivity index (χ1v) is 7.63. The second-order valence-corrected chi connectivity index (χ2v) is 5.84. The van der Waals surface area contributed by atoms with Crippen LogP contribution in [0.4, 0.5) is 0 Å². The highest BCUT2D eigenvalue weighted by atomic mass is 16.5. The van der Waals surface area contributed by atoms with Crippen LogP contribution in [-0.4, -0.2) is 23.9 Å². The Kier molecular flexibility index (Phi) is 4.13. The molecule has 1 N–H and O–H groups in total. The van der Waals surface area contributed by atoms with Crippen LogP contribution in [0.15, 0.2) is 36.4 Å². The summed E-state index contributed by atoms with van der Waals surface area (Å²) in [5.74, 6) is 0.784. The summed E-state index contributed by atoms with van der Waals surface area (Å²) in [6.07, 6.45) is 2.05. The van der Waals surface area contributed by atoms with Crippen molar-refractivity contribution in [3.63, 3.8) is 0 Å². The summed E-state index contributed by atoms with van der Waals surface area (Å²) in [6, 6.07) is 12.1. The highest BCUT2D eigenvalue weighted by Gasteiger charge is 2.23. The van der Waals surface area contributed by atoms with Crippen molar-refractivity contribution in [1.29, 1.82) is 0 Å². The van der Waals surface area contributed by atoms with Crippen molar-refractivity contribution in [2.24, 2.45) is 0 Å². The van der Waals surface area contributed by atoms with Crippen molar-refractivity contribution in [2.45, 2.75) is 45.0 Å². The first-order valence-electron chi connectivity index (χ1n) is 7.63. The normalized spacial score (nSPS) is 23.4. The standard InChI is InChI=1S/C18H22O3/c1-12-7-9-15(21-12)11-20-18-16(13(2)19)10-8-14-5-3-4-6-17(14)18/h3-6,8,10,12-13,15,19H,7,9,11H2,1-2H3. The number of fused-ring (bicyclic) bond motifs is 1. The van der Waals surface area contributed by atoms with Gasteiger partial charge in [-0.2, -0.15) is 0 Å². The van der Waals surface area contributed by atoms with Crippen LogP contribution in [0.1, 0.15) is 38.4 Å². The fourth-order valence-electron chi connectivity index (χ4n) is 2.93. The molecule has 3 heteroatoms. The van der Waals surface area contributed by atoms with E-state index in [2.05, 4.69) is 13.0 Å². The Morgan fingerprint density at radius 1 is 1.24 bits per heavy atom. The molecule has 0 amide bonds. The molecule has 3 atom stereocenters. The van der Waals surface area contributed by atoms with Crippen molar-refractivity contribution in [1.82, 2.24) is 0 Å². The van der Waals surface area contributed by atoms with Gasteiger partial charge in [-0.1, -0.05) is 36.4 Å². The van der Waals surface area contributed by atoms with Gasteiger partial charge in [0.25, 0.3) is 0 Å². The van der Waals surface area contributed by atoms with Crippen molar-refractivity contribution < 1.29 is 14.6 Å². The summed E-state index contributed by atoms with van der Waals surface area (Å²) in [4.78, 5) is 0. The molecule has 0 radical (unpaired) electrons. The summed E-state index contributed by atoms with van der Waals surface area (Å²) in [6.45, 7) is 4.41. The van der Waals surface area contributed by atoms with E-state index in [-0.39, 0.29) is 6.10 Å². The van der Waals surface area contributed by atoms with E-state index in [1.165, 1.54) is 0 Å². The van der Waals surface area contributed by atoms with Crippen LogP contribution in [0.5, 0.6) is 5.75 Å². The zero-order chi connectivity index (χ0) is 14.8. The molecule has 0 aliphatic carbocycles. The minimum Gasteiger partial charge on any atom is -0.490 e. The molecule has 0 bridgehead atoms. The second kappa shape index (κ2) is 6.04. The molecule has 0 aromatic heterocycles. The maximum atomic E-state index is 9.99. The Morgan fingerprint density at radius 3 is 2.76 bits per heavy atom. The number of ether oxygens (including phenoxy) is 2. The average molecular weight is 286 g/mol. The van der Waals surface area contributed by atoms with Crippen LogP contribution in [0.25, 0.3) is 10.8 Å². The van der Waals surface area contributed by atoms with Gasteiger partial charge in [-0.3, -0.25) is 0 Å². The zero-order valence-corrected chi connectivity index (χ0v) is 12.6. The molecule has 112 valence electrons. The lowest BCUT2D eigenvalue weighted by molar-refractivity contribution is 0.0260. The fourth-order valence-corrected chi connectivity index (χ4v) is 2.93. The van der Waals surface area contributed by atoms with E-state index in [1.807, 2.05) is 30.3 Å². The largest absolute Gasteiger partial charge is 0.490 e. The molecule has 2 aromatic rings. The maximum absolute atomic E-state index is 9.99. The molecule has 2 aromatic carbocycles. The highest BCUT2D eigenvalue weighted by molar-refractivity contribution is 5.89.